The van der Waals surface area contributed by atoms with Crippen LogP contribution in [0, 0.1) is 20.8 Å². The molecule has 0 atom stereocenters. The van der Waals surface area contributed by atoms with E-state index in [9.17, 15) is 4.79 Å². The molecule has 0 saturated heterocycles. The van der Waals surface area contributed by atoms with Crippen LogP contribution in [0.1, 0.15) is 42.0 Å². The van der Waals surface area contributed by atoms with Crippen molar-refractivity contribution in [2.75, 3.05) is 5.32 Å². The number of hydrogen-bond donors (Lipinski definition) is 1. The second-order valence-electron chi connectivity index (χ2n) is 5.98. The maximum Gasteiger partial charge on any atom is 0.417 e. The van der Waals surface area contributed by atoms with E-state index in [0.717, 1.165) is 27.9 Å². The first-order valence-corrected chi connectivity index (χ1v) is 7.54. The molecule has 1 N–H and O–H groups in total. The number of para-hydroxylation sites is 1. The highest BCUT2D eigenvalue weighted by atomic mass is 16.6. The average Bonchev–Trinajstić information content (AvgIpc) is 2.43. The fourth-order valence-electron chi connectivity index (χ4n) is 2.45. The summed E-state index contributed by atoms with van der Waals surface area (Å²) < 4.78 is 5.55. The maximum atomic E-state index is 12.2. The van der Waals surface area contributed by atoms with Gasteiger partial charge in [0.05, 0.1) is 0 Å². The van der Waals surface area contributed by atoms with Gasteiger partial charge in [0.25, 0.3) is 0 Å². The lowest BCUT2D eigenvalue weighted by atomic mass is 10.0. The van der Waals surface area contributed by atoms with E-state index in [4.69, 9.17) is 4.74 Å². The molecule has 0 aliphatic rings. The van der Waals surface area contributed by atoms with E-state index in [1.807, 2.05) is 57.2 Å². The highest BCUT2D eigenvalue weighted by Crippen LogP contribution is 2.28. The van der Waals surface area contributed by atoms with Crippen LogP contribution in [0.2, 0.25) is 0 Å². The van der Waals surface area contributed by atoms with Gasteiger partial charge in [-0.1, -0.05) is 44.2 Å². The number of nitrogens with one attached hydrogen (secondary N) is 1. The molecule has 3 nitrogen and oxygen atoms in total. The largest absolute Gasteiger partial charge is 0.417 e. The third-order valence-electron chi connectivity index (χ3n) is 3.70. The van der Waals surface area contributed by atoms with E-state index in [1.165, 1.54) is 0 Å². The molecule has 0 unspecified atom stereocenters. The predicted octanol–water partition coefficient (Wildman–Crippen LogP) is 5.35. The summed E-state index contributed by atoms with van der Waals surface area (Å²) in [6.45, 7) is 10.1. The summed E-state index contributed by atoms with van der Waals surface area (Å²) in [7, 11) is 0. The Morgan fingerprint density at radius 2 is 1.68 bits per heavy atom. The fourth-order valence-corrected chi connectivity index (χ4v) is 2.45. The zero-order valence-electron chi connectivity index (χ0n) is 13.9. The molecule has 0 spiro atoms. The Bertz CT molecular complexity index is 670. The number of hydrogen-bond acceptors (Lipinski definition) is 2. The van der Waals surface area contributed by atoms with Crippen molar-refractivity contribution >= 4 is 11.8 Å². The molecule has 22 heavy (non-hydrogen) atoms. The van der Waals surface area contributed by atoms with E-state index < -0.39 is 6.09 Å². The van der Waals surface area contributed by atoms with Gasteiger partial charge in [0, 0.05) is 5.69 Å². The minimum Gasteiger partial charge on any atom is -0.410 e. The molecule has 0 heterocycles. The van der Waals surface area contributed by atoms with Gasteiger partial charge in [-0.25, -0.2) is 4.79 Å². The molecule has 0 radical (unpaired) electrons. The van der Waals surface area contributed by atoms with Crippen LogP contribution in [0.4, 0.5) is 10.5 Å². The van der Waals surface area contributed by atoms with Gasteiger partial charge in [-0.05, 0) is 55.0 Å². The van der Waals surface area contributed by atoms with Crippen LogP contribution in [-0.2, 0) is 0 Å². The quantitative estimate of drug-likeness (QED) is 0.829. The molecule has 0 aromatic heterocycles. The Kier molecular flexibility index (Phi) is 4.86. The van der Waals surface area contributed by atoms with Crippen LogP contribution in [-0.4, -0.2) is 6.09 Å². The predicted molar refractivity (Wildman–Crippen MR) is 90.8 cm³/mol. The molecule has 0 bridgehead atoms. The van der Waals surface area contributed by atoms with Crippen LogP contribution in [0.15, 0.2) is 36.4 Å². The number of ether oxygens (including phenoxy) is 1. The van der Waals surface area contributed by atoms with Crippen LogP contribution in [0.3, 0.4) is 0 Å². The lowest BCUT2D eigenvalue weighted by Gasteiger charge is -2.15. The topological polar surface area (TPSA) is 38.3 Å². The van der Waals surface area contributed by atoms with Crippen molar-refractivity contribution in [3.63, 3.8) is 0 Å². The summed E-state index contributed by atoms with van der Waals surface area (Å²) in [5, 5.41) is 2.85. The fraction of sp³-hybridized carbons (Fsp3) is 0.316. The Balaban J connectivity index is 2.21. The SMILES string of the molecule is Cc1ccc(C(C)C)c(OC(=O)Nc2c(C)cccc2C)c1. The van der Waals surface area contributed by atoms with Crippen molar-refractivity contribution in [2.45, 2.75) is 40.5 Å². The zero-order valence-corrected chi connectivity index (χ0v) is 13.9. The summed E-state index contributed by atoms with van der Waals surface area (Å²) >= 11 is 0. The Labute approximate surface area is 132 Å². The van der Waals surface area contributed by atoms with Crippen LogP contribution in [0.5, 0.6) is 5.75 Å². The number of aryl methyl sites for hydroxylation is 3. The average molecular weight is 297 g/mol. The van der Waals surface area contributed by atoms with Crippen molar-refractivity contribution in [1.29, 1.82) is 0 Å². The molecule has 0 aliphatic heterocycles. The van der Waals surface area contributed by atoms with E-state index in [-0.39, 0.29) is 0 Å². The number of amides is 1. The molecule has 0 aliphatic carbocycles. The minimum atomic E-state index is -0.454. The first-order valence-electron chi connectivity index (χ1n) is 7.54. The molecule has 3 heteroatoms. The summed E-state index contributed by atoms with van der Waals surface area (Å²) in [4.78, 5) is 12.2. The van der Waals surface area contributed by atoms with Gasteiger partial charge in [0.15, 0.2) is 0 Å². The van der Waals surface area contributed by atoms with E-state index in [0.29, 0.717) is 11.7 Å². The number of benzene rings is 2. The van der Waals surface area contributed by atoms with Gasteiger partial charge < -0.3 is 4.74 Å². The number of anilines is 1. The molecule has 0 saturated carbocycles. The maximum absolute atomic E-state index is 12.2. The third-order valence-corrected chi connectivity index (χ3v) is 3.70. The summed E-state index contributed by atoms with van der Waals surface area (Å²) in [6, 6.07) is 11.9. The molecule has 0 fully saturated rings. The van der Waals surface area contributed by atoms with Gasteiger partial charge in [-0.2, -0.15) is 0 Å². The summed E-state index contributed by atoms with van der Waals surface area (Å²) in [5.74, 6) is 0.919. The minimum absolute atomic E-state index is 0.295. The van der Waals surface area contributed by atoms with E-state index >= 15 is 0 Å². The standard InChI is InChI=1S/C19H23NO2/c1-12(2)16-10-9-13(3)11-17(16)22-19(21)20-18-14(4)7-6-8-15(18)5/h6-12H,1-5H3,(H,20,21). The first-order chi connectivity index (χ1) is 10.4. The highest BCUT2D eigenvalue weighted by Gasteiger charge is 2.13. The van der Waals surface area contributed by atoms with Crippen LogP contribution in [0.25, 0.3) is 0 Å². The van der Waals surface area contributed by atoms with Crippen molar-refractivity contribution in [1.82, 2.24) is 0 Å². The number of carbonyl (C=O) groups excluding carboxylic acids is 1. The number of rotatable bonds is 3. The smallest absolute Gasteiger partial charge is 0.410 e. The Morgan fingerprint density at radius 1 is 1.05 bits per heavy atom. The van der Waals surface area contributed by atoms with Gasteiger partial charge in [-0.3, -0.25) is 5.32 Å². The number of carbonyl (C=O) groups is 1. The third kappa shape index (κ3) is 3.67. The molecule has 116 valence electrons. The van der Waals surface area contributed by atoms with Gasteiger partial charge in [0.2, 0.25) is 0 Å². The molecular weight excluding hydrogens is 274 g/mol. The zero-order chi connectivity index (χ0) is 16.3. The van der Waals surface area contributed by atoms with Crippen LogP contribution >= 0.6 is 0 Å². The van der Waals surface area contributed by atoms with Crippen molar-refractivity contribution in [3.05, 3.63) is 58.7 Å². The summed E-state index contributed by atoms with van der Waals surface area (Å²) in [6.07, 6.45) is -0.454. The van der Waals surface area contributed by atoms with Gasteiger partial charge in [0.1, 0.15) is 5.75 Å². The second-order valence-corrected chi connectivity index (χ2v) is 5.98. The van der Waals surface area contributed by atoms with Gasteiger partial charge in [-0.15, -0.1) is 0 Å². The molecular formula is C19H23NO2. The lowest BCUT2D eigenvalue weighted by molar-refractivity contribution is 0.214. The molecule has 2 aromatic rings. The van der Waals surface area contributed by atoms with E-state index in [1.54, 1.807) is 0 Å². The van der Waals surface area contributed by atoms with Crippen molar-refractivity contribution in [3.8, 4) is 5.75 Å². The van der Waals surface area contributed by atoms with Crippen molar-refractivity contribution in [2.24, 2.45) is 0 Å². The highest BCUT2D eigenvalue weighted by molar-refractivity contribution is 5.88. The lowest BCUT2D eigenvalue weighted by Crippen LogP contribution is -2.19. The Morgan fingerprint density at radius 3 is 2.27 bits per heavy atom. The molecule has 2 rings (SSSR count). The second kappa shape index (κ2) is 6.65. The summed E-state index contributed by atoms with van der Waals surface area (Å²) in [5.41, 5.74) is 4.95. The van der Waals surface area contributed by atoms with Gasteiger partial charge >= 0.3 is 6.09 Å². The normalized spacial score (nSPS) is 10.6. The first kappa shape index (κ1) is 16.1. The molecule has 2 aromatic carbocycles. The van der Waals surface area contributed by atoms with E-state index in [2.05, 4.69) is 19.2 Å². The monoisotopic (exact) mass is 297 g/mol. The Hall–Kier alpha value is -2.29. The van der Waals surface area contributed by atoms with Crippen LogP contribution < -0.4 is 10.1 Å². The molecule has 1 amide bonds. The van der Waals surface area contributed by atoms with Crippen molar-refractivity contribution < 1.29 is 9.53 Å².